The van der Waals surface area contributed by atoms with Gasteiger partial charge in [0.1, 0.15) is 11.6 Å². The van der Waals surface area contributed by atoms with Gasteiger partial charge in [-0.25, -0.2) is 0 Å². The maximum absolute atomic E-state index is 9.83. The zero-order valence-electron chi connectivity index (χ0n) is 10.4. The number of carboxylic acids is 2. The Balaban J connectivity index is -0.000000188. The molecule has 0 unspecified atom stereocenters. The van der Waals surface area contributed by atoms with Crippen LogP contribution in [0.3, 0.4) is 0 Å². The first-order valence-corrected chi connectivity index (χ1v) is 10.3. The predicted molar refractivity (Wildman–Crippen MR) is 58.1 cm³/mol. The van der Waals surface area contributed by atoms with E-state index in [0.717, 1.165) is 0 Å². The van der Waals surface area contributed by atoms with Crippen LogP contribution in [-0.2, 0) is 19.2 Å². The fourth-order valence-corrected chi connectivity index (χ4v) is 0.407. The van der Waals surface area contributed by atoms with Crippen LogP contribution in [0.25, 0.3) is 0 Å². The van der Waals surface area contributed by atoms with E-state index in [9.17, 15) is 29.4 Å². The van der Waals surface area contributed by atoms with Gasteiger partial charge in [0.05, 0.1) is 0 Å². The summed E-state index contributed by atoms with van der Waals surface area (Å²) >= 11 is 0.230. The van der Waals surface area contributed by atoms with Crippen LogP contribution < -0.4 is 10.2 Å². The van der Waals surface area contributed by atoms with Gasteiger partial charge in [-0.3, -0.25) is 9.59 Å². The number of Topliss-reactive ketones (excluding diaryl/α,β-unsaturated/α-hetero) is 2. The molecule has 0 rings (SSSR count). The fourth-order valence-electron chi connectivity index (χ4n) is 0.407. The van der Waals surface area contributed by atoms with Crippen LogP contribution in [0.5, 0.6) is 0 Å². The maximum atomic E-state index is 9.83. The van der Waals surface area contributed by atoms with Crippen LogP contribution in [0.2, 0.25) is 9.88 Å². The molecule has 0 heterocycles. The van der Waals surface area contributed by atoms with Crippen molar-refractivity contribution in [2.24, 2.45) is 0 Å². The van der Waals surface area contributed by atoms with Gasteiger partial charge >= 0.3 is 31.0 Å². The van der Waals surface area contributed by atoms with Crippen molar-refractivity contribution in [2.75, 3.05) is 0 Å². The van der Waals surface area contributed by atoms with E-state index < -0.39 is 24.8 Å². The molecule has 0 fully saturated rings. The minimum absolute atomic E-state index is 0.230. The van der Waals surface area contributed by atoms with Gasteiger partial charge in [0, 0.05) is 24.8 Å². The molecule has 96 valence electrons. The SMILES string of the molecule is CC(=O)CC(=O)[O-].CC(=O)CC(=O)[O-].[CH3][Sn+2][CH3]. The van der Waals surface area contributed by atoms with Crippen LogP contribution in [0.1, 0.15) is 26.7 Å². The topological polar surface area (TPSA) is 114 Å². The first-order valence-electron chi connectivity index (χ1n) is 4.64. The molecule has 0 spiro atoms. The van der Waals surface area contributed by atoms with Crippen molar-refractivity contribution in [1.82, 2.24) is 0 Å². The van der Waals surface area contributed by atoms with Crippen molar-refractivity contribution in [3.63, 3.8) is 0 Å². The zero-order chi connectivity index (χ0) is 14.4. The Labute approximate surface area is 111 Å². The summed E-state index contributed by atoms with van der Waals surface area (Å²) in [5.41, 5.74) is 0. The van der Waals surface area contributed by atoms with Crippen LogP contribution in [0, 0.1) is 0 Å². The molecule has 0 saturated heterocycles. The van der Waals surface area contributed by atoms with E-state index in [-0.39, 0.29) is 32.7 Å². The molecule has 0 radical (unpaired) electrons. The predicted octanol–water partition coefficient (Wildman–Crippen LogP) is -1.78. The van der Waals surface area contributed by atoms with Crippen LogP contribution in [-0.4, -0.2) is 44.6 Å². The van der Waals surface area contributed by atoms with Gasteiger partial charge < -0.3 is 19.8 Å². The normalized spacial score (nSPS) is 7.29. The standard InChI is InChI=1S/2C4H6O3.2CH3.Sn/c2*1-3(5)2-4(6)7;;;/h2*2H2,1H3,(H,6,7);2*1H3;/q;;;;+2/p-2. The summed E-state index contributed by atoms with van der Waals surface area (Å²) in [7, 11) is 0. The van der Waals surface area contributed by atoms with E-state index in [0.29, 0.717) is 0 Å². The third-order valence-corrected chi connectivity index (χ3v) is 0.787. The van der Waals surface area contributed by atoms with E-state index in [1.807, 2.05) is 0 Å². The van der Waals surface area contributed by atoms with Crippen molar-refractivity contribution in [2.45, 2.75) is 36.6 Å². The molecular weight excluding hydrogens is 335 g/mol. The van der Waals surface area contributed by atoms with E-state index in [1.165, 1.54) is 13.8 Å². The summed E-state index contributed by atoms with van der Waals surface area (Å²) in [6.07, 6.45) is -0.944. The molecule has 0 aliphatic heterocycles. The molecule has 0 bridgehead atoms. The molecule has 17 heavy (non-hydrogen) atoms. The average Bonchev–Trinajstić information content (AvgIpc) is 1.99. The molecule has 6 nitrogen and oxygen atoms in total. The van der Waals surface area contributed by atoms with Crippen molar-refractivity contribution < 1.29 is 29.4 Å². The van der Waals surface area contributed by atoms with Crippen molar-refractivity contribution >= 4 is 44.6 Å². The quantitative estimate of drug-likeness (QED) is 0.437. The Bertz CT molecular complexity index is 212. The summed E-state index contributed by atoms with van der Waals surface area (Å²) in [6, 6.07) is 0. The second-order valence-electron chi connectivity index (χ2n) is 3.00. The Morgan fingerprint density at radius 3 is 1.00 bits per heavy atom. The second kappa shape index (κ2) is 15.1. The van der Waals surface area contributed by atoms with Gasteiger partial charge in [-0.2, -0.15) is 0 Å². The van der Waals surface area contributed by atoms with E-state index in [1.54, 1.807) is 0 Å². The number of hydrogen-bond donors (Lipinski definition) is 0. The number of carbonyl (C=O) groups is 4. The summed E-state index contributed by atoms with van der Waals surface area (Å²) in [5, 5.41) is 19.0. The second-order valence-corrected chi connectivity index (χ2v) is 5.86. The van der Waals surface area contributed by atoms with Crippen LogP contribution in [0.15, 0.2) is 0 Å². The Morgan fingerprint density at radius 2 is 1.00 bits per heavy atom. The molecule has 7 heteroatoms. The van der Waals surface area contributed by atoms with E-state index >= 15 is 0 Å². The Morgan fingerprint density at radius 1 is 0.824 bits per heavy atom. The van der Waals surface area contributed by atoms with Gasteiger partial charge in [-0.05, 0) is 13.8 Å². The molecule has 0 atom stereocenters. The number of hydrogen-bond acceptors (Lipinski definition) is 6. The molecule has 0 N–H and O–H groups in total. The first-order chi connectivity index (χ1) is 7.67. The summed E-state index contributed by atoms with van der Waals surface area (Å²) < 4.78 is 0. The molecule has 0 aliphatic carbocycles. The monoisotopic (exact) mass is 352 g/mol. The molecular formula is C10H16O6Sn. The average molecular weight is 351 g/mol. The third kappa shape index (κ3) is 51.5. The number of aliphatic carboxylic acids is 2. The third-order valence-electron chi connectivity index (χ3n) is 0.787. The van der Waals surface area contributed by atoms with Gasteiger partial charge in [0.2, 0.25) is 0 Å². The van der Waals surface area contributed by atoms with Crippen molar-refractivity contribution in [3.8, 4) is 0 Å². The number of ketones is 2. The van der Waals surface area contributed by atoms with Gasteiger partial charge in [0.15, 0.2) is 0 Å². The molecule has 0 aromatic rings. The Kier molecular flexibility index (Phi) is 19.0. The van der Waals surface area contributed by atoms with Gasteiger partial charge in [-0.1, -0.05) is 0 Å². The van der Waals surface area contributed by atoms with Crippen LogP contribution in [0.4, 0.5) is 0 Å². The minimum atomic E-state index is -1.31. The summed E-state index contributed by atoms with van der Waals surface area (Å²) in [5.74, 6) is -3.37. The van der Waals surface area contributed by atoms with Gasteiger partial charge in [-0.15, -0.1) is 0 Å². The first kappa shape index (κ1) is 21.4. The van der Waals surface area contributed by atoms with Gasteiger partial charge in [0.25, 0.3) is 0 Å². The summed E-state index contributed by atoms with van der Waals surface area (Å²) in [4.78, 5) is 43.2. The summed E-state index contributed by atoms with van der Waals surface area (Å²) in [6.45, 7) is 2.41. The van der Waals surface area contributed by atoms with Crippen molar-refractivity contribution in [3.05, 3.63) is 0 Å². The molecule has 0 aliphatic rings. The molecule has 0 saturated carbocycles. The molecule has 0 amide bonds. The number of rotatable bonds is 4. The Hall–Kier alpha value is -0.921. The van der Waals surface area contributed by atoms with E-state index in [2.05, 4.69) is 9.88 Å². The van der Waals surface area contributed by atoms with Crippen molar-refractivity contribution in [1.29, 1.82) is 0 Å². The van der Waals surface area contributed by atoms with E-state index in [4.69, 9.17) is 0 Å². The number of carbonyl (C=O) groups excluding carboxylic acids is 4. The van der Waals surface area contributed by atoms with Crippen LogP contribution >= 0.6 is 0 Å². The fraction of sp³-hybridized carbons (Fsp3) is 0.600. The zero-order valence-corrected chi connectivity index (χ0v) is 13.2. The number of carboxylic acid groups (broad SMARTS) is 2. The molecule has 0 aromatic carbocycles. The molecule has 0 aromatic heterocycles.